The molecule has 108 valence electrons. The predicted octanol–water partition coefficient (Wildman–Crippen LogP) is 5.41. The van der Waals surface area contributed by atoms with E-state index >= 15 is 0 Å². The van der Waals surface area contributed by atoms with Gasteiger partial charge in [-0.2, -0.15) is 0 Å². The maximum atomic E-state index is 10.3. The smallest absolute Gasteiger partial charge is 0.303 e. The fourth-order valence-electron chi connectivity index (χ4n) is 2.36. The van der Waals surface area contributed by atoms with Gasteiger partial charge in [0.15, 0.2) is 0 Å². The van der Waals surface area contributed by atoms with Crippen molar-refractivity contribution in [2.24, 2.45) is 5.92 Å². The van der Waals surface area contributed by atoms with Gasteiger partial charge in [-0.15, -0.1) is 0 Å². The third-order valence-corrected chi connectivity index (χ3v) is 3.64. The summed E-state index contributed by atoms with van der Waals surface area (Å²) in [5.41, 5.74) is 0. The number of carboxylic acids is 1. The van der Waals surface area contributed by atoms with Crippen LogP contribution in [0.5, 0.6) is 0 Å². The van der Waals surface area contributed by atoms with Crippen LogP contribution in [0, 0.1) is 5.92 Å². The highest BCUT2D eigenvalue weighted by Crippen LogP contribution is 2.17. The van der Waals surface area contributed by atoms with Crippen LogP contribution in [-0.4, -0.2) is 11.1 Å². The van der Waals surface area contributed by atoms with E-state index in [1.165, 1.54) is 57.8 Å². The van der Waals surface area contributed by atoms with E-state index in [0.29, 0.717) is 6.42 Å². The molecule has 0 aromatic heterocycles. The summed E-state index contributed by atoms with van der Waals surface area (Å²) in [6.45, 7) is 4.64. The van der Waals surface area contributed by atoms with E-state index in [1.807, 2.05) is 0 Å². The fraction of sp³-hybridized carbons (Fsp3) is 0.938. The summed E-state index contributed by atoms with van der Waals surface area (Å²) in [5.74, 6) is 0.236. The normalized spacial score (nSPS) is 12.6. The molecule has 0 aromatic rings. The van der Waals surface area contributed by atoms with E-state index in [1.54, 1.807) is 0 Å². The largest absolute Gasteiger partial charge is 0.481 e. The molecule has 0 aromatic carbocycles. The minimum atomic E-state index is -0.657. The summed E-state index contributed by atoms with van der Waals surface area (Å²) in [6, 6.07) is 0. The average Bonchev–Trinajstić information content (AvgIpc) is 2.32. The van der Waals surface area contributed by atoms with E-state index in [-0.39, 0.29) is 0 Å². The summed E-state index contributed by atoms with van der Waals surface area (Å²) < 4.78 is 0. The highest BCUT2D eigenvalue weighted by atomic mass is 16.4. The Balaban J connectivity index is 3.12. The van der Waals surface area contributed by atoms with Crippen molar-refractivity contribution in [3.05, 3.63) is 0 Å². The van der Waals surface area contributed by atoms with E-state index in [4.69, 9.17) is 5.11 Å². The third-order valence-electron chi connectivity index (χ3n) is 3.64. The SMILES string of the molecule is CCCCCC(C)CCCCCCCCC(=O)O. The van der Waals surface area contributed by atoms with Gasteiger partial charge in [0.25, 0.3) is 0 Å². The fourth-order valence-corrected chi connectivity index (χ4v) is 2.36. The van der Waals surface area contributed by atoms with Gasteiger partial charge >= 0.3 is 5.97 Å². The first-order valence-electron chi connectivity index (χ1n) is 7.88. The first kappa shape index (κ1) is 17.5. The highest BCUT2D eigenvalue weighted by molar-refractivity contribution is 5.66. The molecule has 0 spiro atoms. The zero-order valence-corrected chi connectivity index (χ0v) is 12.4. The third kappa shape index (κ3) is 13.5. The molecule has 0 aliphatic rings. The Morgan fingerprint density at radius 1 is 0.889 bits per heavy atom. The standard InChI is InChI=1S/C16H32O2/c1-3-4-9-12-15(2)13-10-7-5-6-8-11-14-16(17)18/h15H,3-14H2,1-2H3,(H,17,18). The minimum absolute atomic E-state index is 0.342. The van der Waals surface area contributed by atoms with Crippen molar-refractivity contribution in [1.29, 1.82) is 0 Å². The lowest BCUT2D eigenvalue weighted by Crippen LogP contribution is -1.95. The number of rotatable bonds is 13. The van der Waals surface area contributed by atoms with Gasteiger partial charge in [0.2, 0.25) is 0 Å². The van der Waals surface area contributed by atoms with Crippen LogP contribution < -0.4 is 0 Å². The summed E-state index contributed by atoms with van der Waals surface area (Å²) in [7, 11) is 0. The van der Waals surface area contributed by atoms with Crippen LogP contribution in [0.3, 0.4) is 0 Å². The minimum Gasteiger partial charge on any atom is -0.481 e. The summed E-state index contributed by atoms with van der Waals surface area (Å²) in [4.78, 5) is 10.3. The van der Waals surface area contributed by atoms with Gasteiger partial charge in [-0.3, -0.25) is 4.79 Å². The molecular formula is C16H32O2. The lowest BCUT2D eigenvalue weighted by Gasteiger charge is -2.10. The van der Waals surface area contributed by atoms with Gasteiger partial charge in [0.05, 0.1) is 0 Å². The number of hydrogen-bond donors (Lipinski definition) is 1. The first-order valence-corrected chi connectivity index (χ1v) is 7.88. The molecule has 0 rings (SSSR count). The Bertz CT molecular complexity index is 190. The van der Waals surface area contributed by atoms with Gasteiger partial charge < -0.3 is 5.11 Å². The van der Waals surface area contributed by atoms with Crippen molar-refractivity contribution < 1.29 is 9.90 Å². The molecule has 0 bridgehead atoms. The topological polar surface area (TPSA) is 37.3 Å². The first-order chi connectivity index (χ1) is 8.66. The van der Waals surface area contributed by atoms with E-state index in [2.05, 4.69) is 13.8 Å². The summed E-state index contributed by atoms with van der Waals surface area (Å²) in [6.07, 6.45) is 14.3. The molecule has 18 heavy (non-hydrogen) atoms. The molecule has 0 saturated heterocycles. The van der Waals surface area contributed by atoms with Crippen LogP contribution in [0.15, 0.2) is 0 Å². The molecule has 0 aliphatic heterocycles. The van der Waals surface area contributed by atoms with Gasteiger partial charge in [0, 0.05) is 6.42 Å². The predicted molar refractivity (Wildman–Crippen MR) is 77.9 cm³/mol. The number of aliphatic carboxylic acids is 1. The summed E-state index contributed by atoms with van der Waals surface area (Å²) in [5, 5.41) is 8.50. The zero-order valence-electron chi connectivity index (χ0n) is 12.4. The number of hydrogen-bond acceptors (Lipinski definition) is 1. The van der Waals surface area contributed by atoms with Crippen molar-refractivity contribution in [3.63, 3.8) is 0 Å². The Morgan fingerprint density at radius 2 is 1.39 bits per heavy atom. The van der Waals surface area contributed by atoms with Gasteiger partial charge in [-0.1, -0.05) is 78.1 Å². The second-order valence-corrected chi connectivity index (χ2v) is 5.65. The second-order valence-electron chi connectivity index (χ2n) is 5.65. The number of carboxylic acid groups (broad SMARTS) is 1. The molecule has 0 saturated carbocycles. The van der Waals surface area contributed by atoms with E-state index in [0.717, 1.165) is 18.8 Å². The highest BCUT2D eigenvalue weighted by Gasteiger charge is 2.01. The van der Waals surface area contributed by atoms with Crippen LogP contribution in [0.1, 0.15) is 90.9 Å². The Labute approximate surface area is 113 Å². The molecule has 2 nitrogen and oxygen atoms in total. The molecular weight excluding hydrogens is 224 g/mol. The van der Waals surface area contributed by atoms with Gasteiger partial charge in [0.1, 0.15) is 0 Å². The average molecular weight is 256 g/mol. The van der Waals surface area contributed by atoms with Gasteiger partial charge in [-0.05, 0) is 12.3 Å². The van der Waals surface area contributed by atoms with Crippen LogP contribution in [0.25, 0.3) is 0 Å². The van der Waals surface area contributed by atoms with E-state index in [9.17, 15) is 4.79 Å². The maximum absolute atomic E-state index is 10.3. The molecule has 1 unspecified atom stereocenters. The van der Waals surface area contributed by atoms with Crippen molar-refractivity contribution in [2.45, 2.75) is 90.9 Å². The Morgan fingerprint density at radius 3 is 1.94 bits per heavy atom. The van der Waals surface area contributed by atoms with Crippen molar-refractivity contribution in [2.75, 3.05) is 0 Å². The number of carbonyl (C=O) groups is 1. The van der Waals surface area contributed by atoms with Crippen LogP contribution >= 0.6 is 0 Å². The molecule has 1 atom stereocenters. The van der Waals surface area contributed by atoms with Crippen LogP contribution in [0.4, 0.5) is 0 Å². The lowest BCUT2D eigenvalue weighted by molar-refractivity contribution is -0.137. The van der Waals surface area contributed by atoms with Crippen molar-refractivity contribution in [3.8, 4) is 0 Å². The molecule has 0 aliphatic carbocycles. The van der Waals surface area contributed by atoms with Crippen molar-refractivity contribution >= 4 is 5.97 Å². The molecule has 2 heteroatoms. The van der Waals surface area contributed by atoms with E-state index < -0.39 is 5.97 Å². The van der Waals surface area contributed by atoms with Gasteiger partial charge in [-0.25, -0.2) is 0 Å². The second kappa shape index (κ2) is 12.9. The maximum Gasteiger partial charge on any atom is 0.303 e. The molecule has 0 radical (unpaired) electrons. The zero-order chi connectivity index (χ0) is 13.6. The molecule has 1 N–H and O–H groups in total. The molecule has 0 amide bonds. The quantitative estimate of drug-likeness (QED) is 0.447. The molecule has 0 fully saturated rings. The van der Waals surface area contributed by atoms with Crippen LogP contribution in [0.2, 0.25) is 0 Å². The van der Waals surface area contributed by atoms with Crippen molar-refractivity contribution in [1.82, 2.24) is 0 Å². The molecule has 0 heterocycles. The Kier molecular flexibility index (Phi) is 12.5. The lowest BCUT2D eigenvalue weighted by atomic mass is 9.96. The summed E-state index contributed by atoms with van der Waals surface area (Å²) >= 11 is 0. The Hall–Kier alpha value is -0.530. The monoisotopic (exact) mass is 256 g/mol. The van der Waals surface area contributed by atoms with Crippen LogP contribution in [-0.2, 0) is 4.79 Å². The number of unbranched alkanes of at least 4 members (excludes halogenated alkanes) is 7.